The Morgan fingerprint density at radius 3 is 2.63 bits per heavy atom. The third-order valence-electron chi connectivity index (χ3n) is 5.12. The normalized spacial score (nSPS) is 25.3. The van der Waals surface area contributed by atoms with Crippen LogP contribution in [0.5, 0.6) is 0 Å². The van der Waals surface area contributed by atoms with Gasteiger partial charge in [0.05, 0.1) is 12.0 Å². The van der Waals surface area contributed by atoms with Crippen LogP contribution < -0.4 is 16.2 Å². The number of carbonyl (C=O) groups excluding carboxylic acids is 2. The van der Waals surface area contributed by atoms with Crippen LogP contribution in [0.15, 0.2) is 54.6 Å². The largest absolute Gasteiger partial charge is 0.352 e. The van der Waals surface area contributed by atoms with Crippen molar-refractivity contribution in [1.29, 1.82) is 0 Å². The molecule has 2 aliphatic heterocycles. The molecule has 0 bridgehead atoms. The molecule has 7 heteroatoms. The van der Waals surface area contributed by atoms with Gasteiger partial charge in [-0.15, -0.1) is 0 Å². The lowest BCUT2D eigenvalue weighted by atomic mass is 9.92. The molecule has 0 aliphatic carbocycles. The first-order valence-corrected chi connectivity index (χ1v) is 9.02. The molecule has 0 saturated carbocycles. The molecule has 27 heavy (non-hydrogen) atoms. The number of halogens is 1. The first kappa shape index (κ1) is 17.6. The molecule has 4 rings (SSSR count). The highest BCUT2D eigenvalue weighted by atomic mass is 19.1. The van der Waals surface area contributed by atoms with Crippen molar-refractivity contribution in [2.75, 3.05) is 19.6 Å². The van der Waals surface area contributed by atoms with Crippen LogP contribution in [0.3, 0.4) is 0 Å². The van der Waals surface area contributed by atoms with Gasteiger partial charge in [-0.1, -0.05) is 42.5 Å². The van der Waals surface area contributed by atoms with E-state index >= 15 is 0 Å². The van der Waals surface area contributed by atoms with Gasteiger partial charge in [-0.05, 0) is 23.3 Å². The summed E-state index contributed by atoms with van der Waals surface area (Å²) in [5, 5.41) is 2.78. The number of piperazine rings is 1. The predicted octanol–water partition coefficient (Wildman–Crippen LogP) is 1.29. The molecular weight excluding hydrogens is 347 g/mol. The molecule has 2 aromatic carbocycles. The Hall–Kier alpha value is -2.77. The second-order valence-electron chi connectivity index (χ2n) is 6.80. The lowest BCUT2D eigenvalue weighted by Crippen LogP contribution is -2.54. The minimum atomic E-state index is -0.820. The Kier molecular flexibility index (Phi) is 4.87. The van der Waals surface area contributed by atoms with Gasteiger partial charge in [0, 0.05) is 19.6 Å². The van der Waals surface area contributed by atoms with Crippen molar-refractivity contribution < 1.29 is 14.0 Å². The fourth-order valence-corrected chi connectivity index (χ4v) is 3.83. The van der Waals surface area contributed by atoms with Crippen LogP contribution in [0.2, 0.25) is 0 Å². The zero-order valence-corrected chi connectivity index (χ0v) is 14.7. The number of hydrogen-bond acceptors (Lipinski definition) is 4. The van der Waals surface area contributed by atoms with Crippen LogP contribution in [0, 0.1) is 11.7 Å². The van der Waals surface area contributed by atoms with Gasteiger partial charge in [-0.3, -0.25) is 15.0 Å². The molecular formula is C20H21FN4O2. The van der Waals surface area contributed by atoms with Gasteiger partial charge < -0.3 is 10.2 Å². The highest BCUT2D eigenvalue weighted by Gasteiger charge is 2.42. The number of nitrogens with one attached hydrogen (secondary N) is 3. The zero-order valence-electron chi connectivity index (χ0n) is 14.7. The van der Waals surface area contributed by atoms with E-state index in [1.807, 2.05) is 30.3 Å². The maximum atomic E-state index is 13.7. The minimum absolute atomic E-state index is 0.120. The number of amides is 2. The molecule has 0 radical (unpaired) electrons. The van der Waals surface area contributed by atoms with Crippen LogP contribution in [-0.4, -0.2) is 36.3 Å². The molecule has 0 aromatic heterocycles. The number of hydrazine groups is 1. The molecule has 2 aliphatic rings. The molecule has 0 spiro atoms. The third-order valence-corrected chi connectivity index (χ3v) is 5.12. The quantitative estimate of drug-likeness (QED) is 0.763. The molecule has 3 unspecified atom stereocenters. The van der Waals surface area contributed by atoms with Crippen molar-refractivity contribution >= 4 is 11.8 Å². The van der Waals surface area contributed by atoms with E-state index in [-0.39, 0.29) is 23.8 Å². The van der Waals surface area contributed by atoms with Crippen LogP contribution in [0.1, 0.15) is 23.2 Å². The lowest BCUT2D eigenvalue weighted by molar-refractivity contribution is -0.146. The summed E-state index contributed by atoms with van der Waals surface area (Å²) < 4.78 is 13.7. The van der Waals surface area contributed by atoms with Crippen LogP contribution in [-0.2, 0) is 9.59 Å². The van der Waals surface area contributed by atoms with E-state index in [4.69, 9.17) is 0 Å². The summed E-state index contributed by atoms with van der Waals surface area (Å²) in [6.45, 7) is 1.25. The molecule has 2 saturated heterocycles. The molecule has 2 amide bonds. The molecule has 2 aromatic rings. The summed E-state index contributed by atoms with van der Waals surface area (Å²) in [5.74, 6) is -1.18. The van der Waals surface area contributed by atoms with Crippen molar-refractivity contribution in [3.8, 4) is 0 Å². The van der Waals surface area contributed by atoms with E-state index in [0.29, 0.717) is 25.2 Å². The smallest absolute Gasteiger partial charge is 0.247 e. The van der Waals surface area contributed by atoms with E-state index in [1.54, 1.807) is 17.0 Å². The average Bonchev–Trinajstić information content (AvgIpc) is 3.18. The standard InChI is InChI=1S/C20H21FN4O2/c21-15-8-4-7-14(11-15)18-19(26)22-9-10-25(18)20(27)16-12-23-24-17(16)13-5-2-1-3-6-13/h1-8,11,16-18,23-24H,9-10,12H2,(H,22,26). The van der Waals surface area contributed by atoms with E-state index in [0.717, 1.165) is 5.56 Å². The monoisotopic (exact) mass is 368 g/mol. The Balaban J connectivity index is 1.63. The fourth-order valence-electron chi connectivity index (χ4n) is 3.83. The number of rotatable bonds is 3. The van der Waals surface area contributed by atoms with Gasteiger partial charge in [0.2, 0.25) is 11.8 Å². The molecule has 3 N–H and O–H groups in total. The van der Waals surface area contributed by atoms with Crippen molar-refractivity contribution in [2.24, 2.45) is 5.92 Å². The zero-order chi connectivity index (χ0) is 18.8. The van der Waals surface area contributed by atoms with Crippen LogP contribution >= 0.6 is 0 Å². The average molecular weight is 368 g/mol. The van der Waals surface area contributed by atoms with Crippen LogP contribution in [0.4, 0.5) is 4.39 Å². The topological polar surface area (TPSA) is 73.5 Å². The molecule has 2 fully saturated rings. The summed E-state index contributed by atoms with van der Waals surface area (Å²) in [4.78, 5) is 27.5. The maximum absolute atomic E-state index is 13.7. The first-order valence-electron chi connectivity index (χ1n) is 9.02. The van der Waals surface area contributed by atoms with E-state index in [1.165, 1.54) is 12.1 Å². The lowest BCUT2D eigenvalue weighted by Gasteiger charge is -2.37. The van der Waals surface area contributed by atoms with Crippen molar-refractivity contribution in [2.45, 2.75) is 12.1 Å². The van der Waals surface area contributed by atoms with Gasteiger partial charge in [-0.2, -0.15) is 0 Å². The van der Waals surface area contributed by atoms with E-state index in [2.05, 4.69) is 16.2 Å². The summed E-state index contributed by atoms with van der Waals surface area (Å²) in [5.41, 5.74) is 7.70. The summed E-state index contributed by atoms with van der Waals surface area (Å²) in [6.07, 6.45) is 0. The van der Waals surface area contributed by atoms with Crippen molar-refractivity contribution in [3.63, 3.8) is 0 Å². The van der Waals surface area contributed by atoms with Gasteiger partial charge >= 0.3 is 0 Å². The SMILES string of the molecule is O=C1NCCN(C(=O)C2CNNC2c2ccccc2)C1c1cccc(F)c1. The first-order chi connectivity index (χ1) is 13.1. The number of benzene rings is 2. The van der Waals surface area contributed by atoms with Crippen LogP contribution in [0.25, 0.3) is 0 Å². The van der Waals surface area contributed by atoms with Gasteiger partial charge in [0.1, 0.15) is 11.9 Å². The molecule has 3 atom stereocenters. The van der Waals surface area contributed by atoms with Gasteiger partial charge in [0.25, 0.3) is 0 Å². The summed E-state index contributed by atoms with van der Waals surface area (Å²) >= 11 is 0. The second-order valence-corrected chi connectivity index (χ2v) is 6.80. The number of carbonyl (C=O) groups is 2. The highest BCUT2D eigenvalue weighted by Crippen LogP contribution is 2.31. The van der Waals surface area contributed by atoms with E-state index < -0.39 is 11.9 Å². The Labute approximate surface area is 156 Å². The fraction of sp³-hybridized carbons (Fsp3) is 0.300. The summed E-state index contributed by atoms with van der Waals surface area (Å²) in [7, 11) is 0. The van der Waals surface area contributed by atoms with Gasteiger partial charge in [-0.25, -0.2) is 9.82 Å². The van der Waals surface area contributed by atoms with E-state index in [9.17, 15) is 14.0 Å². The molecule has 2 heterocycles. The highest BCUT2D eigenvalue weighted by molar-refractivity contribution is 5.91. The maximum Gasteiger partial charge on any atom is 0.247 e. The predicted molar refractivity (Wildman–Crippen MR) is 97.7 cm³/mol. The third kappa shape index (κ3) is 3.43. The van der Waals surface area contributed by atoms with Crippen molar-refractivity contribution in [1.82, 2.24) is 21.1 Å². The Morgan fingerprint density at radius 1 is 1.07 bits per heavy atom. The van der Waals surface area contributed by atoms with Gasteiger partial charge in [0.15, 0.2) is 0 Å². The summed E-state index contributed by atoms with van der Waals surface area (Å²) in [6, 6.07) is 14.6. The Morgan fingerprint density at radius 2 is 1.85 bits per heavy atom. The molecule has 140 valence electrons. The van der Waals surface area contributed by atoms with Crippen molar-refractivity contribution in [3.05, 3.63) is 71.5 Å². The minimum Gasteiger partial charge on any atom is -0.352 e. The second kappa shape index (κ2) is 7.46. The molecule has 6 nitrogen and oxygen atoms in total. The Bertz CT molecular complexity index is 845. The number of hydrogen-bond donors (Lipinski definition) is 3. The number of nitrogens with zero attached hydrogens (tertiary/aromatic N) is 1.